The fourth-order valence-corrected chi connectivity index (χ4v) is 3.13. The van der Waals surface area contributed by atoms with Crippen molar-refractivity contribution in [3.63, 3.8) is 0 Å². The van der Waals surface area contributed by atoms with Crippen LogP contribution in [0.15, 0.2) is 47.4 Å². The summed E-state index contributed by atoms with van der Waals surface area (Å²) in [4.78, 5) is 0.142. The van der Waals surface area contributed by atoms with Crippen molar-refractivity contribution < 1.29 is 17.9 Å². The zero-order chi connectivity index (χ0) is 16.2. The number of halogens is 1. The smallest absolute Gasteiger partial charge is 0.261 e. The Kier molecular flexibility index (Phi) is 5.15. The highest BCUT2D eigenvalue weighted by atomic mass is 35.5. The highest BCUT2D eigenvalue weighted by Crippen LogP contribution is 2.28. The molecule has 0 aliphatic carbocycles. The van der Waals surface area contributed by atoms with Crippen molar-refractivity contribution in [2.24, 2.45) is 0 Å². The van der Waals surface area contributed by atoms with Gasteiger partial charge in [-0.2, -0.15) is 0 Å². The van der Waals surface area contributed by atoms with E-state index in [9.17, 15) is 8.42 Å². The van der Waals surface area contributed by atoms with E-state index in [0.717, 1.165) is 0 Å². The van der Waals surface area contributed by atoms with Crippen LogP contribution in [0.1, 0.15) is 6.92 Å². The third-order valence-electron chi connectivity index (χ3n) is 2.85. The van der Waals surface area contributed by atoms with Crippen LogP contribution < -0.4 is 14.2 Å². The van der Waals surface area contributed by atoms with E-state index in [1.807, 2.05) is 6.92 Å². The largest absolute Gasteiger partial charge is 0.495 e. The molecule has 0 unspecified atom stereocenters. The van der Waals surface area contributed by atoms with Crippen LogP contribution in [0.5, 0.6) is 11.5 Å². The van der Waals surface area contributed by atoms with Crippen molar-refractivity contribution >= 4 is 27.3 Å². The number of sulfonamides is 1. The van der Waals surface area contributed by atoms with Gasteiger partial charge >= 0.3 is 0 Å². The molecular formula is C15H16ClNO4S. The standard InChI is InChI=1S/C15H16ClNO4S/c1-3-21-12-5-7-13(8-6-12)22(18,19)17-11-4-9-15(20-2)14(16)10-11/h4-10,17H,3H2,1-2H3. The fraction of sp³-hybridized carbons (Fsp3) is 0.200. The first-order chi connectivity index (χ1) is 10.5. The number of ether oxygens (including phenoxy) is 2. The molecule has 0 heterocycles. The summed E-state index contributed by atoms with van der Waals surface area (Å²) in [5.41, 5.74) is 0.361. The van der Waals surface area contributed by atoms with Crippen molar-refractivity contribution in [3.05, 3.63) is 47.5 Å². The maximum Gasteiger partial charge on any atom is 0.261 e. The predicted molar refractivity (Wildman–Crippen MR) is 86.4 cm³/mol. The van der Waals surface area contributed by atoms with Crippen molar-refractivity contribution in [3.8, 4) is 11.5 Å². The van der Waals surface area contributed by atoms with Crippen LogP contribution in [-0.2, 0) is 10.0 Å². The Morgan fingerprint density at radius 1 is 1.14 bits per heavy atom. The first kappa shape index (κ1) is 16.5. The van der Waals surface area contributed by atoms with Gasteiger partial charge in [0.1, 0.15) is 11.5 Å². The molecule has 0 saturated carbocycles. The lowest BCUT2D eigenvalue weighted by molar-refractivity contribution is 0.340. The first-order valence-corrected chi connectivity index (χ1v) is 8.41. The second-order valence-corrected chi connectivity index (χ2v) is 6.45. The fourth-order valence-electron chi connectivity index (χ4n) is 1.83. The van der Waals surface area contributed by atoms with Crippen molar-refractivity contribution in [2.75, 3.05) is 18.4 Å². The zero-order valence-electron chi connectivity index (χ0n) is 12.2. The minimum Gasteiger partial charge on any atom is -0.495 e. The molecule has 0 spiro atoms. The van der Waals surface area contributed by atoms with Gasteiger partial charge in [0.05, 0.1) is 29.3 Å². The van der Waals surface area contributed by atoms with Crippen molar-refractivity contribution in [1.29, 1.82) is 0 Å². The summed E-state index contributed by atoms with van der Waals surface area (Å²) in [6.45, 7) is 2.38. The van der Waals surface area contributed by atoms with Gasteiger partial charge in [-0.15, -0.1) is 0 Å². The van der Waals surface area contributed by atoms with Crippen LogP contribution in [0, 0.1) is 0 Å². The average molecular weight is 342 g/mol. The Morgan fingerprint density at radius 2 is 1.82 bits per heavy atom. The normalized spacial score (nSPS) is 11.0. The number of rotatable bonds is 6. The lowest BCUT2D eigenvalue weighted by Crippen LogP contribution is -2.12. The third kappa shape index (κ3) is 3.84. The molecule has 5 nitrogen and oxygen atoms in total. The first-order valence-electron chi connectivity index (χ1n) is 6.55. The lowest BCUT2D eigenvalue weighted by atomic mass is 10.3. The molecule has 0 bridgehead atoms. The molecule has 22 heavy (non-hydrogen) atoms. The van der Waals surface area contributed by atoms with E-state index in [0.29, 0.717) is 28.8 Å². The topological polar surface area (TPSA) is 64.6 Å². The Bertz CT molecular complexity index is 745. The monoisotopic (exact) mass is 341 g/mol. The Morgan fingerprint density at radius 3 is 2.36 bits per heavy atom. The third-order valence-corrected chi connectivity index (χ3v) is 4.54. The van der Waals surface area contributed by atoms with Crippen molar-refractivity contribution in [1.82, 2.24) is 0 Å². The molecule has 118 valence electrons. The summed E-state index contributed by atoms with van der Waals surface area (Å²) in [5.74, 6) is 1.10. The van der Waals surface area contributed by atoms with Crippen LogP contribution in [0.3, 0.4) is 0 Å². The average Bonchev–Trinajstić information content (AvgIpc) is 2.48. The summed E-state index contributed by atoms with van der Waals surface area (Å²) in [6, 6.07) is 10.9. The Balaban J connectivity index is 2.21. The van der Waals surface area contributed by atoms with E-state index in [2.05, 4.69) is 4.72 Å². The minimum atomic E-state index is -3.69. The number of anilines is 1. The quantitative estimate of drug-likeness (QED) is 0.872. The van der Waals surface area contributed by atoms with Crippen LogP contribution >= 0.6 is 11.6 Å². The molecule has 7 heteroatoms. The van der Waals surface area contributed by atoms with Crippen LogP contribution in [-0.4, -0.2) is 22.1 Å². The molecule has 0 fully saturated rings. The molecule has 0 atom stereocenters. The van der Waals surface area contributed by atoms with Gasteiger partial charge in [-0.1, -0.05) is 11.6 Å². The molecule has 0 amide bonds. The highest BCUT2D eigenvalue weighted by molar-refractivity contribution is 7.92. The number of hydrogen-bond donors (Lipinski definition) is 1. The predicted octanol–water partition coefficient (Wildman–Crippen LogP) is 3.55. The molecule has 2 aromatic carbocycles. The SMILES string of the molecule is CCOc1ccc(S(=O)(=O)Nc2ccc(OC)c(Cl)c2)cc1. The van der Waals surface area contributed by atoms with E-state index in [1.165, 1.54) is 25.3 Å². The minimum absolute atomic E-state index is 0.142. The Labute approximate surface area is 134 Å². The van der Waals surface area contributed by atoms with Crippen LogP contribution in [0.2, 0.25) is 5.02 Å². The van der Waals surface area contributed by atoms with E-state index < -0.39 is 10.0 Å². The summed E-state index contributed by atoms with van der Waals surface area (Å²) >= 11 is 5.98. The van der Waals surface area contributed by atoms with Gasteiger partial charge in [-0.3, -0.25) is 4.72 Å². The van der Waals surface area contributed by atoms with Crippen LogP contribution in [0.4, 0.5) is 5.69 Å². The Hall–Kier alpha value is -1.92. The van der Waals surface area contributed by atoms with Gasteiger partial charge < -0.3 is 9.47 Å². The van der Waals surface area contributed by atoms with Crippen molar-refractivity contribution in [2.45, 2.75) is 11.8 Å². The van der Waals surface area contributed by atoms with Gasteiger partial charge in [-0.05, 0) is 49.4 Å². The zero-order valence-corrected chi connectivity index (χ0v) is 13.7. The number of methoxy groups -OCH3 is 1. The van der Waals surface area contributed by atoms with E-state index in [4.69, 9.17) is 21.1 Å². The second kappa shape index (κ2) is 6.89. The highest BCUT2D eigenvalue weighted by Gasteiger charge is 2.15. The van der Waals surface area contributed by atoms with Gasteiger partial charge in [-0.25, -0.2) is 8.42 Å². The van der Waals surface area contributed by atoms with Gasteiger partial charge in [0.25, 0.3) is 10.0 Å². The summed E-state index contributed by atoms with van der Waals surface area (Å²) in [7, 11) is -2.20. The maximum atomic E-state index is 12.3. The van der Waals surface area contributed by atoms with Gasteiger partial charge in [0.2, 0.25) is 0 Å². The molecule has 2 aromatic rings. The van der Waals surface area contributed by atoms with Gasteiger partial charge in [0, 0.05) is 0 Å². The number of hydrogen-bond acceptors (Lipinski definition) is 4. The van der Waals surface area contributed by atoms with E-state index >= 15 is 0 Å². The molecule has 0 aliphatic rings. The molecular weight excluding hydrogens is 326 g/mol. The lowest BCUT2D eigenvalue weighted by Gasteiger charge is -2.10. The summed E-state index contributed by atoms with van der Waals surface area (Å²) < 4.78 is 37.4. The van der Waals surface area contributed by atoms with E-state index in [1.54, 1.807) is 24.3 Å². The number of benzene rings is 2. The summed E-state index contributed by atoms with van der Waals surface area (Å²) in [5, 5.41) is 0.328. The molecule has 0 aromatic heterocycles. The second-order valence-electron chi connectivity index (χ2n) is 4.36. The molecule has 0 saturated heterocycles. The molecule has 1 N–H and O–H groups in total. The number of nitrogens with one attached hydrogen (secondary N) is 1. The van der Waals surface area contributed by atoms with Crippen LogP contribution in [0.25, 0.3) is 0 Å². The van der Waals surface area contributed by atoms with E-state index in [-0.39, 0.29) is 4.90 Å². The maximum absolute atomic E-state index is 12.3. The van der Waals surface area contributed by atoms with Gasteiger partial charge in [0.15, 0.2) is 0 Å². The molecule has 2 rings (SSSR count). The molecule has 0 aliphatic heterocycles. The molecule has 0 radical (unpaired) electrons. The summed E-state index contributed by atoms with van der Waals surface area (Å²) in [6.07, 6.45) is 0.